The van der Waals surface area contributed by atoms with Crippen LogP contribution in [-0.4, -0.2) is 41.9 Å². The molecule has 2 aromatic carbocycles. The summed E-state index contributed by atoms with van der Waals surface area (Å²) in [6.07, 6.45) is 13.4. The van der Waals surface area contributed by atoms with Gasteiger partial charge in [-0.2, -0.15) is 10.2 Å². The van der Waals surface area contributed by atoms with Gasteiger partial charge in [-0.25, -0.2) is 4.98 Å². The first-order chi connectivity index (χ1) is 20.5. The topological polar surface area (TPSA) is 84.6 Å². The van der Waals surface area contributed by atoms with Crippen molar-refractivity contribution in [1.29, 1.82) is 0 Å². The van der Waals surface area contributed by atoms with E-state index >= 15 is 0 Å². The van der Waals surface area contributed by atoms with E-state index in [-0.39, 0.29) is 5.91 Å². The lowest BCUT2D eigenvalue weighted by molar-refractivity contribution is -0.122. The van der Waals surface area contributed by atoms with Crippen molar-refractivity contribution in [2.24, 2.45) is 7.05 Å². The Hall–Kier alpha value is -4.63. The molecule has 1 amide bonds. The fourth-order valence-electron chi connectivity index (χ4n) is 6.93. The summed E-state index contributed by atoms with van der Waals surface area (Å²) >= 11 is 1.65. The minimum Gasteiger partial charge on any atom is -0.313 e. The Morgan fingerprint density at radius 1 is 0.881 bits per heavy atom. The van der Waals surface area contributed by atoms with Crippen LogP contribution in [0.1, 0.15) is 31.2 Å². The number of hydrogen-bond acceptors (Lipinski definition) is 5. The van der Waals surface area contributed by atoms with Gasteiger partial charge < -0.3 is 4.90 Å². The molecule has 1 aliphatic carbocycles. The Labute approximate surface area is 247 Å². The predicted octanol–water partition coefficient (Wildman–Crippen LogP) is 6.84. The van der Waals surface area contributed by atoms with E-state index in [1.165, 1.54) is 0 Å². The van der Waals surface area contributed by atoms with Crippen molar-refractivity contribution < 1.29 is 4.79 Å². The molecule has 0 bridgehead atoms. The summed E-state index contributed by atoms with van der Waals surface area (Å²) in [4.78, 5) is 22.0. The summed E-state index contributed by atoms with van der Waals surface area (Å²) < 4.78 is 4.08. The number of rotatable bonds is 5. The highest BCUT2D eigenvalue weighted by Gasteiger charge is 2.53. The molecule has 208 valence electrons. The van der Waals surface area contributed by atoms with Gasteiger partial charge in [0.25, 0.3) is 0 Å². The van der Waals surface area contributed by atoms with Crippen LogP contribution in [0.2, 0.25) is 0 Å². The van der Waals surface area contributed by atoms with Gasteiger partial charge in [-0.05, 0) is 48.0 Å². The molecule has 6 aromatic rings. The largest absolute Gasteiger partial charge is 0.313 e. The molecule has 0 atom stereocenters. The number of pyridine rings is 1. The number of aromatic nitrogens is 6. The van der Waals surface area contributed by atoms with Gasteiger partial charge in [0.2, 0.25) is 5.91 Å². The molecule has 2 aliphatic rings. The van der Waals surface area contributed by atoms with Crippen LogP contribution in [0.4, 0.5) is 5.69 Å². The van der Waals surface area contributed by atoms with Gasteiger partial charge in [-0.15, -0.1) is 0 Å². The van der Waals surface area contributed by atoms with Crippen LogP contribution in [-0.2, 0) is 17.3 Å². The Morgan fingerprint density at radius 2 is 1.64 bits per heavy atom. The molecular formula is C33H29N7OS. The maximum absolute atomic E-state index is 14.0. The lowest BCUT2D eigenvalue weighted by Crippen LogP contribution is -2.36. The van der Waals surface area contributed by atoms with Crippen molar-refractivity contribution >= 4 is 34.6 Å². The van der Waals surface area contributed by atoms with E-state index in [9.17, 15) is 4.79 Å². The van der Waals surface area contributed by atoms with Crippen molar-refractivity contribution in [3.63, 3.8) is 0 Å². The fraction of sp³-hybridized carbons (Fsp3) is 0.212. The zero-order valence-electron chi connectivity index (χ0n) is 23.4. The number of benzene rings is 2. The third-order valence-corrected chi connectivity index (χ3v) is 9.88. The van der Waals surface area contributed by atoms with E-state index in [2.05, 4.69) is 74.0 Å². The van der Waals surface area contributed by atoms with Gasteiger partial charge in [-0.3, -0.25) is 18.5 Å². The number of aromatic amines is 1. The van der Waals surface area contributed by atoms with Crippen molar-refractivity contribution in [2.75, 3.05) is 11.9 Å². The summed E-state index contributed by atoms with van der Waals surface area (Å²) in [7, 11) is 3.84. The van der Waals surface area contributed by atoms with Gasteiger partial charge in [0.05, 0.1) is 35.4 Å². The molecule has 9 heteroatoms. The van der Waals surface area contributed by atoms with Crippen LogP contribution < -0.4 is 4.90 Å². The van der Waals surface area contributed by atoms with E-state index in [4.69, 9.17) is 4.98 Å². The van der Waals surface area contributed by atoms with Gasteiger partial charge in [-0.1, -0.05) is 55.3 Å². The Kier molecular flexibility index (Phi) is 5.65. The number of H-pyrrole nitrogens is 1. The number of amides is 1. The summed E-state index contributed by atoms with van der Waals surface area (Å²) in [5.74, 6) is 0.192. The SMILES string of the molecule is CN1C(=O)C2(CCCC2)c2c1cnc1c2c(-c2ccc(-c3cn[nH]c3)cc2)c(-c2cnn(C)c2)n1Sc1ccccc1. The van der Waals surface area contributed by atoms with Crippen LogP contribution >= 0.6 is 11.9 Å². The Balaban J connectivity index is 1.48. The maximum Gasteiger partial charge on any atom is 0.237 e. The number of carbonyl (C=O) groups is 1. The number of likely N-dealkylation sites (N-methyl/N-ethyl adjacent to an activating group) is 1. The number of fused-ring (bicyclic) bond motifs is 4. The molecule has 5 heterocycles. The van der Waals surface area contributed by atoms with E-state index in [1.54, 1.807) is 11.9 Å². The number of nitrogens with zero attached hydrogens (tertiary/aromatic N) is 6. The predicted molar refractivity (Wildman–Crippen MR) is 166 cm³/mol. The third-order valence-electron chi connectivity index (χ3n) is 8.86. The highest BCUT2D eigenvalue weighted by Crippen LogP contribution is 2.56. The molecule has 0 saturated heterocycles. The molecule has 1 spiro atoms. The lowest BCUT2D eigenvalue weighted by Gasteiger charge is -2.22. The van der Waals surface area contributed by atoms with Crippen molar-refractivity contribution in [1.82, 2.24) is 28.9 Å². The van der Waals surface area contributed by atoms with E-state index in [1.807, 2.05) is 54.5 Å². The van der Waals surface area contributed by atoms with Gasteiger partial charge >= 0.3 is 0 Å². The van der Waals surface area contributed by atoms with Gasteiger partial charge in [0.15, 0.2) is 5.65 Å². The molecule has 0 radical (unpaired) electrons. The average molecular weight is 572 g/mol. The second-order valence-corrected chi connectivity index (χ2v) is 12.3. The van der Waals surface area contributed by atoms with Crippen LogP contribution in [0.3, 0.4) is 0 Å². The first kappa shape index (κ1) is 25.1. The molecule has 1 N–H and O–H groups in total. The van der Waals surface area contributed by atoms with E-state index in [0.29, 0.717) is 0 Å². The molecule has 1 aliphatic heterocycles. The second kappa shape index (κ2) is 9.46. The van der Waals surface area contributed by atoms with E-state index < -0.39 is 5.41 Å². The number of anilines is 1. The summed E-state index contributed by atoms with van der Waals surface area (Å²) in [5.41, 5.74) is 8.70. The average Bonchev–Trinajstić information content (AvgIpc) is 3.85. The smallest absolute Gasteiger partial charge is 0.237 e. The number of nitrogens with one attached hydrogen (secondary N) is 1. The highest BCUT2D eigenvalue weighted by molar-refractivity contribution is 7.98. The first-order valence-electron chi connectivity index (χ1n) is 14.2. The van der Waals surface area contributed by atoms with Crippen molar-refractivity contribution in [2.45, 2.75) is 36.0 Å². The zero-order valence-corrected chi connectivity index (χ0v) is 24.2. The van der Waals surface area contributed by atoms with Gasteiger partial charge in [0.1, 0.15) is 0 Å². The molecular weight excluding hydrogens is 542 g/mol. The van der Waals surface area contributed by atoms with Crippen LogP contribution in [0.25, 0.3) is 44.5 Å². The third kappa shape index (κ3) is 3.62. The van der Waals surface area contributed by atoms with Crippen LogP contribution in [0, 0.1) is 0 Å². The van der Waals surface area contributed by atoms with Crippen LogP contribution in [0.15, 0.2) is 90.5 Å². The minimum absolute atomic E-state index is 0.192. The lowest BCUT2D eigenvalue weighted by atomic mass is 9.78. The normalized spacial score (nSPS) is 15.8. The standard InChI is InChI=1S/C33H29N7OS/c1-38-20-24(18-37-38)30-27(22-12-10-21(11-13-22)23-16-35-36-17-23)28-29-26(39(2)32(41)33(29)14-6-7-15-33)19-34-31(28)40(30)42-25-8-4-3-5-9-25/h3-5,8-13,16-20H,6-7,14-15H2,1-2H3,(H,35,36). The summed E-state index contributed by atoms with van der Waals surface area (Å²) in [6.45, 7) is 0. The summed E-state index contributed by atoms with van der Waals surface area (Å²) in [6, 6.07) is 19.0. The molecule has 42 heavy (non-hydrogen) atoms. The van der Waals surface area contributed by atoms with E-state index in [0.717, 1.165) is 86.4 Å². The molecule has 1 fully saturated rings. The zero-order chi connectivity index (χ0) is 28.4. The Bertz CT molecular complexity index is 1950. The first-order valence-corrected chi connectivity index (χ1v) is 15.0. The minimum atomic E-state index is -0.521. The number of aryl methyl sites for hydroxylation is 1. The maximum atomic E-state index is 14.0. The van der Waals surface area contributed by atoms with Crippen molar-refractivity contribution in [3.8, 4) is 33.5 Å². The van der Waals surface area contributed by atoms with Crippen LogP contribution in [0.5, 0.6) is 0 Å². The van der Waals surface area contributed by atoms with Gasteiger partial charge in [0, 0.05) is 59.0 Å². The summed E-state index contributed by atoms with van der Waals surface area (Å²) in [5, 5.41) is 12.7. The molecule has 8 rings (SSSR count). The quantitative estimate of drug-likeness (QED) is 0.245. The molecule has 0 unspecified atom stereocenters. The fourth-order valence-corrected chi connectivity index (χ4v) is 7.93. The second-order valence-electron chi connectivity index (χ2n) is 11.3. The number of hydrogen-bond donors (Lipinski definition) is 1. The highest BCUT2D eigenvalue weighted by atomic mass is 32.2. The molecule has 4 aromatic heterocycles. The Morgan fingerprint density at radius 3 is 2.33 bits per heavy atom. The number of carbonyl (C=O) groups excluding carboxylic acids is 1. The molecule has 8 nitrogen and oxygen atoms in total. The van der Waals surface area contributed by atoms with Crippen molar-refractivity contribution in [3.05, 3.63) is 91.1 Å². The monoisotopic (exact) mass is 571 g/mol. The molecule has 1 saturated carbocycles.